The topological polar surface area (TPSA) is 33.7 Å². The van der Waals surface area contributed by atoms with Crippen molar-refractivity contribution in [1.29, 1.82) is 0 Å². The Balaban J connectivity index is 1.65. The molecule has 1 saturated heterocycles. The van der Waals surface area contributed by atoms with Gasteiger partial charge in [0.15, 0.2) is 0 Å². The number of ether oxygens (including phenoxy) is 2. The zero-order chi connectivity index (χ0) is 10.7. The van der Waals surface area contributed by atoms with Crippen LogP contribution in [-0.2, 0) is 9.47 Å². The molecule has 0 aromatic rings. The van der Waals surface area contributed by atoms with E-state index in [0.717, 1.165) is 32.2 Å². The van der Waals surface area contributed by atoms with Gasteiger partial charge in [0.25, 0.3) is 0 Å². The zero-order valence-electron chi connectivity index (χ0n) is 9.74. The number of rotatable bonds is 6. The van der Waals surface area contributed by atoms with Gasteiger partial charge in [-0.3, -0.25) is 4.90 Å². The van der Waals surface area contributed by atoms with E-state index >= 15 is 0 Å². The Kier molecular flexibility index (Phi) is 3.97. The quantitative estimate of drug-likeness (QED) is 0.679. The van der Waals surface area contributed by atoms with Crippen LogP contribution in [0.1, 0.15) is 12.8 Å². The van der Waals surface area contributed by atoms with Crippen LogP contribution in [0.4, 0.5) is 0 Å². The summed E-state index contributed by atoms with van der Waals surface area (Å²) in [5, 5.41) is 3.53. The second-order valence-electron chi connectivity index (χ2n) is 4.54. The van der Waals surface area contributed by atoms with Gasteiger partial charge in [-0.15, -0.1) is 0 Å². The Morgan fingerprint density at radius 1 is 1.13 bits per heavy atom. The van der Waals surface area contributed by atoms with E-state index in [2.05, 4.69) is 10.2 Å². The monoisotopic (exact) mass is 214 g/mol. The predicted molar refractivity (Wildman–Crippen MR) is 59.1 cm³/mol. The van der Waals surface area contributed by atoms with E-state index in [9.17, 15) is 0 Å². The van der Waals surface area contributed by atoms with Gasteiger partial charge < -0.3 is 14.8 Å². The lowest BCUT2D eigenvalue weighted by Crippen LogP contribution is -2.32. The smallest absolute Gasteiger partial charge is 0.0971 e. The fourth-order valence-corrected chi connectivity index (χ4v) is 2.17. The molecular formula is C11H22N2O2. The normalized spacial score (nSPS) is 32.4. The molecule has 2 aliphatic rings. The second kappa shape index (κ2) is 5.25. The minimum Gasteiger partial charge on any atom is -0.377 e. The first-order valence-corrected chi connectivity index (χ1v) is 5.85. The third-order valence-electron chi connectivity index (χ3n) is 3.33. The molecule has 0 aromatic carbocycles. The molecular weight excluding hydrogens is 192 g/mol. The lowest BCUT2D eigenvalue weighted by Gasteiger charge is -2.15. The number of nitrogens with zero attached hydrogens (tertiary/aromatic N) is 1. The summed E-state index contributed by atoms with van der Waals surface area (Å²) in [6, 6.07) is 0.809. The van der Waals surface area contributed by atoms with Crippen LogP contribution in [0, 0.1) is 0 Å². The molecule has 88 valence electrons. The first-order valence-electron chi connectivity index (χ1n) is 5.85. The minimum absolute atomic E-state index is 0.246. The van der Waals surface area contributed by atoms with E-state index < -0.39 is 0 Å². The van der Waals surface area contributed by atoms with Crippen LogP contribution >= 0.6 is 0 Å². The molecule has 1 saturated carbocycles. The van der Waals surface area contributed by atoms with Gasteiger partial charge in [-0.2, -0.15) is 0 Å². The summed E-state index contributed by atoms with van der Waals surface area (Å²) in [6.07, 6.45) is 3.22. The maximum atomic E-state index is 5.40. The molecule has 0 radical (unpaired) electrons. The molecule has 1 aliphatic heterocycles. The van der Waals surface area contributed by atoms with Gasteiger partial charge >= 0.3 is 0 Å². The summed E-state index contributed by atoms with van der Waals surface area (Å²) in [5.41, 5.74) is 0. The number of likely N-dealkylation sites (tertiary alicyclic amines) is 1. The number of hydrogen-bond donors (Lipinski definition) is 1. The van der Waals surface area contributed by atoms with Crippen LogP contribution in [0.25, 0.3) is 0 Å². The second-order valence-corrected chi connectivity index (χ2v) is 4.54. The summed E-state index contributed by atoms with van der Waals surface area (Å²) in [4.78, 5) is 2.41. The SMILES string of the molecule is COC1CN(CCNC2CC2)CC1OC. The van der Waals surface area contributed by atoms with Gasteiger partial charge in [-0.25, -0.2) is 0 Å². The Bertz CT molecular complexity index is 185. The van der Waals surface area contributed by atoms with Crippen LogP contribution in [0.5, 0.6) is 0 Å². The average molecular weight is 214 g/mol. The highest BCUT2D eigenvalue weighted by Crippen LogP contribution is 2.19. The van der Waals surface area contributed by atoms with Crippen LogP contribution in [0.15, 0.2) is 0 Å². The summed E-state index contributed by atoms with van der Waals surface area (Å²) in [5.74, 6) is 0. The lowest BCUT2D eigenvalue weighted by molar-refractivity contribution is -0.00461. The highest BCUT2D eigenvalue weighted by Gasteiger charge is 2.32. The van der Waals surface area contributed by atoms with Crippen molar-refractivity contribution < 1.29 is 9.47 Å². The Hall–Kier alpha value is -0.160. The molecule has 0 aromatic heterocycles. The van der Waals surface area contributed by atoms with Crippen molar-refractivity contribution in [2.45, 2.75) is 31.1 Å². The van der Waals surface area contributed by atoms with E-state index in [1.54, 1.807) is 14.2 Å². The summed E-state index contributed by atoms with van der Waals surface area (Å²) in [6.45, 7) is 4.20. The van der Waals surface area contributed by atoms with Gasteiger partial charge in [0, 0.05) is 46.4 Å². The van der Waals surface area contributed by atoms with Crippen molar-refractivity contribution in [2.24, 2.45) is 0 Å². The van der Waals surface area contributed by atoms with Crippen molar-refractivity contribution >= 4 is 0 Å². The van der Waals surface area contributed by atoms with Gasteiger partial charge in [0.2, 0.25) is 0 Å². The number of hydrogen-bond acceptors (Lipinski definition) is 4. The first-order chi connectivity index (χ1) is 7.33. The number of methoxy groups -OCH3 is 2. The molecule has 0 amide bonds. The van der Waals surface area contributed by atoms with Crippen molar-refractivity contribution in [3.8, 4) is 0 Å². The minimum atomic E-state index is 0.246. The van der Waals surface area contributed by atoms with Gasteiger partial charge in [0.05, 0.1) is 12.2 Å². The molecule has 2 atom stereocenters. The third kappa shape index (κ3) is 3.14. The van der Waals surface area contributed by atoms with E-state index in [1.165, 1.54) is 12.8 Å². The lowest BCUT2D eigenvalue weighted by atomic mass is 10.3. The highest BCUT2D eigenvalue weighted by molar-refractivity contribution is 4.87. The van der Waals surface area contributed by atoms with Crippen LogP contribution < -0.4 is 5.32 Å². The Morgan fingerprint density at radius 3 is 2.20 bits per heavy atom. The van der Waals surface area contributed by atoms with E-state index in [4.69, 9.17) is 9.47 Å². The predicted octanol–water partition coefficient (Wildman–Crippen LogP) is 0.0840. The Morgan fingerprint density at radius 2 is 1.73 bits per heavy atom. The molecule has 4 heteroatoms. The molecule has 2 rings (SSSR count). The van der Waals surface area contributed by atoms with Crippen molar-refractivity contribution in [3.63, 3.8) is 0 Å². The van der Waals surface area contributed by atoms with Crippen molar-refractivity contribution in [2.75, 3.05) is 40.4 Å². The fourth-order valence-electron chi connectivity index (χ4n) is 2.17. The third-order valence-corrected chi connectivity index (χ3v) is 3.33. The molecule has 15 heavy (non-hydrogen) atoms. The molecule has 2 unspecified atom stereocenters. The van der Waals surface area contributed by atoms with Gasteiger partial charge in [0.1, 0.15) is 0 Å². The highest BCUT2D eigenvalue weighted by atomic mass is 16.5. The van der Waals surface area contributed by atoms with Crippen LogP contribution in [0.2, 0.25) is 0 Å². The molecule has 1 N–H and O–H groups in total. The van der Waals surface area contributed by atoms with E-state index in [1.807, 2.05) is 0 Å². The van der Waals surface area contributed by atoms with Crippen molar-refractivity contribution in [1.82, 2.24) is 10.2 Å². The number of nitrogens with one attached hydrogen (secondary N) is 1. The van der Waals surface area contributed by atoms with Gasteiger partial charge in [-0.05, 0) is 12.8 Å². The molecule has 0 spiro atoms. The molecule has 2 fully saturated rings. The summed E-state index contributed by atoms with van der Waals surface area (Å²) in [7, 11) is 3.53. The maximum Gasteiger partial charge on any atom is 0.0971 e. The van der Waals surface area contributed by atoms with Crippen LogP contribution in [0.3, 0.4) is 0 Å². The summed E-state index contributed by atoms with van der Waals surface area (Å²) < 4.78 is 10.8. The first kappa shape index (κ1) is 11.3. The molecule has 1 aliphatic carbocycles. The summed E-state index contributed by atoms with van der Waals surface area (Å²) >= 11 is 0. The van der Waals surface area contributed by atoms with E-state index in [-0.39, 0.29) is 12.2 Å². The molecule has 1 heterocycles. The van der Waals surface area contributed by atoms with Crippen molar-refractivity contribution in [3.05, 3.63) is 0 Å². The maximum absolute atomic E-state index is 5.40. The fraction of sp³-hybridized carbons (Fsp3) is 1.00. The standard InChI is InChI=1S/C11H22N2O2/c1-14-10-7-13(8-11(10)15-2)6-5-12-9-3-4-9/h9-12H,3-8H2,1-2H3. The van der Waals surface area contributed by atoms with Gasteiger partial charge in [-0.1, -0.05) is 0 Å². The van der Waals surface area contributed by atoms with Crippen LogP contribution in [-0.4, -0.2) is 63.5 Å². The molecule has 0 bridgehead atoms. The van der Waals surface area contributed by atoms with E-state index in [0.29, 0.717) is 0 Å². The average Bonchev–Trinajstić information content (AvgIpc) is 2.97. The zero-order valence-corrected chi connectivity index (χ0v) is 9.74. The largest absolute Gasteiger partial charge is 0.377 e. The Labute approximate surface area is 91.9 Å². The molecule has 4 nitrogen and oxygen atoms in total.